The fourth-order valence-electron chi connectivity index (χ4n) is 4.35. The molecule has 2 heteroatoms. The highest BCUT2D eigenvalue weighted by Gasteiger charge is 2.38. The minimum Gasteiger partial charge on any atom is -0.310 e. The molecule has 3 aliphatic rings. The van der Waals surface area contributed by atoms with Crippen LogP contribution in [0, 0.1) is 11.8 Å². The molecule has 3 unspecified atom stereocenters. The van der Waals surface area contributed by atoms with Crippen molar-refractivity contribution in [3.05, 3.63) is 0 Å². The van der Waals surface area contributed by atoms with Gasteiger partial charge < -0.3 is 5.32 Å². The van der Waals surface area contributed by atoms with Gasteiger partial charge >= 0.3 is 0 Å². The van der Waals surface area contributed by atoms with E-state index in [-0.39, 0.29) is 0 Å². The van der Waals surface area contributed by atoms with E-state index in [9.17, 15) is 0 Å². The molecule has 3 atom stereocenters. The maximum absolute atomic E-state index is 3.67. The smallest absolute Gasteiger partial charge is 0.0238 e. The number of hydrogen-bond donors (Lipinski definition) is 1. The summed E-state index contributed by atoms with van der Waals surface area (Å²) in [5, 5.41) is 3.67. The van der Waals surface area contributed by atoms with Gasteiger partial charge in [-0.05, 0) is 51.5 Å². The third-order valence-corrected chi connectivity index (χ3v) is 5.40. The molecular formula is C15H28N2. The molecule has 0 radical (unpaired) electrons. The molecule has 0 aromatic rings. The van der Waals surface area contributed by atoms with E-state index in [1.165, 1.54) is 58.2 Å². The summed E-state index contributed by atoms with van der Waals surface area (Å²) < 4.78 is 0. The summed E-state index contributed by atoms with van der Waals surface area (Å²) in [6.07, 6.45) is 8.83. The van der Waals surface area contributed by atoms with E-state index in [4.69, 9.17) is 0 Å². The van der Waals surface area contributed by atoms with E-state index < -0.39 is 0 Å². The predicted molar refractivity (Wildman–Crippen MR) is 72.1 cm³/mol. The van der Waals surface area contributed by atoms with Crippen LogP contribution < -0.4 is 5.32 Å². The third-order valence-electron chi connectivity index (χ3n) is 5.40. The lowest BCUT2D eigenvalue weighted by Crippen LogP contribution is -2.47. The standard InChI is InChI=1S/C15H28N2/c1-15(2)9-14(10-16-15)17-8-7-12-5-3-4-6-13(12)11-17/h12-14,16H,3-11H2,1-2H3. The molecule has 2 nitrogen and oxygen atoms in total. The highest BCUT2D eigenvalue weighted by molar-refractivity contribution is 4.96. The second kappa shape index (κ2) is 4.55. The monoisotopic (exact) mass is 236 g/mol. The van der Waals surface area contributed by atoms with Crippen LogP contribution in [0.1, 0.15) is 52.4 Å². The molecular weight excluding hydrogens is 208 g/mol. The molecule has 98 valence electrons. The Hall–Kier alpha value is -0.0800. The van der Waals surface area contributed by atoms with Crippen LogP contribution in [0.4, 0.5) is 0 Å². The van der Waals surface area contributed by atoms with Crippen molar-refractivity contribution in [1.82, 2.24) is 10.2 Å². The summed E-state index contributed by atoms with van der Waals surface area (Å²) in [6.45, 7) is 8.67. The van der Waals surface area contributed by atoms with Crippen LogP contribution in [0.3, 0.4) is 0 Å². The predicted octanol–water partition coefficient (Wildman–Crippen LogP) is 2.64. The molecule has 0 bridgehead atoms. The average Bonchev–Trinajstić information content (AvgIpc) is 2.69. The van der Waals surface area contributed by atoms with Gasteiger partial charge in [0, 0.05) is 24.7 Å². The van der Waals surface area contributed by atoms with E-state index in [1.54, 1.807) is 0 Å². The van der Waals surface area contributed by atoms with Crippen LogP contribution in [-0.4, -0.2) is 36.1 Å². The highest BCUT2D eigenvalue weighted by atomic mass is 15.2. The first kappa shape index (κ1) is 12.0. The fraction of sp³-hybridized carbons (Fsp3) is 1.00. The molecule has 1 aliphatic carbocycles. The Morgan fingerprint density at radius 3 is 2.53 bits per heavy atom. The van der Waals surface area contributed by atoms with Crippen molar-refractivity contribution in [3.63, 3.8) is 0 Å². The molecule has 2 heterocycles. The Labute approximate surface area is 106 Å². The normalized spacial score (nSPS) is 42.4. The van der Waals surface area contributed by atoms with Gasteiger partial charge in [0.15, 0.2) is 0 Å². The Morgan fingerprint density at radius 1 is 1.06 bits per heavy atom. The van der Waals surface area contributed by atoms with Crippen molar-refractivity contribution in [1.29, 1.82) is 0 Å². The summed E-state index contributed by atoms with van der Waals surface area (Å²) in [5.74, 6) is 2.10. The summed E-state index contributed by atoms with van der Waals surface area (Å²) >= 11 is 0. The molecule has 0 aromatic carbocycles. The molecule has 3 fully saturated rings. The van der Waals surface area contributed by atoms with Crippen molar-refractivity contribution < 1.29 is 0 Å². The summed E-state index contributed by atoms with van der Waals surface area (Å²) in [4.78, 5) is 2.80. The number of rotatable bonds is 1. The zero-order chi connectivity index (χ0) is 11.9. The van der Waals surface area contributed by atoms with Gasteiger partial charge in [-0.25, -0.2) is 0 Å². The third kappa shape index (κ3) is 2.53. The lowest BCUT2D eigenvalue weighted by molar-refractivity contribution is 0.0605. The van der Waals surface area contributed by atoms with Gasteiger partial charge in [-0.1, -0.05) is 19.3 Å². The zero-order valence-electron chi connectivity index (χ0n) is 11.5. The maximum atomic E-state index is 3.67. The number of fused-ring (bicyclic) bond motifs is 1. The summed E-state index contributed by atoms with van der Waals surface area (Å²) in [7, 11) is 0. The second-order valence-electron chi connectivity index (χ2n) is 7.21. The molecule has 1 saturated carbocycles. The van der Waals surface area contributed by atoms with Crippen LogP contribution in [0.15, 0.2) is 0 Å². The van der Waals surface area contributed by atoms with Crippen LogP contribution in [-0.2, 0) is 0 Å². The number of likely N-dealkylation sites (tertiary alicyclic amines) is 1. The number of nitrogens with one attached hydrogen (secondary N) is 1. The average molecular weight is 236 g/mol. The van der Waals surface area contributed by atoms with Crippen molar-refractivity contribution in [2.75, 3.05) is 19.6 Å². The Bertz CT molecular complexity index is 274. The van der Waals surface area contributed by atoms with Gasteiger partial charge in [0.1, 0.15) is 0 Å². The van der Waals surface area contributed by atoms with Crippen LogP contribution in [0.5, 0.6) is 0 Å². The minimum atomic E-state index is 0.369. The maximum Gasteiger partial charge on any atom is 0.0238 e. The number of nitrogens with zero attached hydrogens (tertiary/aromatic N) is 1. The van der Waals surface area contributed by atoms with Gasteiger partial charge in [-0.3, -0.25) is 4.90 Å². The van der Waals surface area contributed by atoms with E-state index in [1.807, 2.05) is 0 Å². The molecule has 3 rings (SSSR count). The lowest BCUT2D eigenvalue weighted by atomic mass is 9.75. The summed E-state index contributed by atoms with van der Waals surface area (Å²) in [6, 6.07) is 0.813. The van der Waals surface area contributed by atoms with E-state index in [0.717, 1.165) is 17.9 Å². The van der Waals surface area contributed by atoms with E-state index in [0.29, 0.717) is 5.54 Å². The minimum absolute atomic E-state index is 0.369. The lowest BCUT2D eigenvalue weighted by Gasteiger charge is -2.43. The molecule has 1 N–H and O–H groups in total. The van der Waals surface area contributed by atoms with Gasteiger partial charge in [0.25, 0.3) is 0 Å². The van der Waals surface area contributed by atoms with Crippen LogP contribution >= 0.6 is 0 Å². The molecule has 2 aliphatic heterocycles. The first-order valence-electron chi connectivity index (χ1n) is 7.63. The van der Waals surface area contributed by atoms with Crippen molar-refractivity contribution in [3.8, 4) is 0 Å². The molecule has 17 heavy (non-hydrogen) atoms. The van der Waals surface area contributed by atoms with Crippen LogP contribution in [0.25, 0.3) is 0 Å². The first-order chi connectivity index (χ1) is 8.14. The largest absolute Gasteiger partial charge is 0.310 e. The van der Waals surface area contributed by atoms with Crippen molar-refractivity contribution in [2.24, 2.45) is 11.8 Å². The SMILES string of the molecule is CC1(C)CC(N2CCC3CCCCC3C2)CN1. The molecule has 0 aromatic heterocycles. The van der Waals surface area contributed by atoms with Crippen molar-refractivity contribution >= 4 is 0 Å². The highest BCUT2D eigenvalue weighted by Crippen LogP contribution is 2.37. The van der Waals surface area contributed by atoms with Gasteiger partial charge in [-0.2, -0.15) is 0 Å². The first-order valence-corrected chi connectivity index (χ1v) is 7.63. The summed E-state index contributed by atoms with van der Waals surface area (Å²) in [5.41, 5.74) is 0.369. The van der Waals surface area contributed by atoms with Gasteiger partial charge in [0.2, 0.25) is 0 Å². The zero-order valence-corrected chi connectivity index (χ0v) is 11.5. The number of hydrogen-bond acceptors (Lipinski definition) is 2. The second-order valence-corrected chi connectivity index (χ2v) is 7.21. The topological polar surface area (TPSA) is 15.3 Å². The Kier molecular flexibility index (Phi) is 3.20. The van der Waals surface area contributed by atoms with E-state index >= 15 is 0 Å². The van der Waals surface area contributed by atoms with Gasteiger partial charge in [-0.15, -0.1) is 0 Å². The van der Waals surface area contributed by atoms with Gasteiger partial charge in [0.05, 0.1) is 0 Å². The number of piperidine rings is 1. The Morgan fingerprint density at radius 2 is 1.82 bits per heavy atom. The quantitative estimate of drug-likeness (QED) is 0.753. The fourth-order valence-corrected chi connectivity index (χ4v) is 4.35. The molecule has 0 amide bonds. The molecule has 2 saturated heterocycles. The Balaban J connectivity index is 1.59. The van der Waals surface area contributed by atoms with E-state index in [2.05, 4.69) is 24.1 Å². The van der Waals surface area contributed by atoms with Crippen molar-refractivity contribution in [2.45, 2.75) is 64.0 Å². The van der Waals surface area contributed by atoms with Crippen LogP contribution in [0.2, 0.25) is 0 Å². The molecule has 0 spiro atoms.